The molecular weight excluding hydrogens is 218 g/mol. The second-order valence-electron chi connectivity index (χ2n) is 4.26. The molecule has 3 rings (SSSR count). The lowest BCUT2D eigenvalue weighted by atomic mass is 10.2. The van der Waals surface area contributed by atoms with Crippen molar-refractivity contribution in [1.82, 2.24) is 9.69 Å². The van der Waals surface area contributed by atoms with Crippen molar-refractivity contribution in [3.8, 4) is 0 Å². The molecule has 0 amide bonds. The Balaban J connectivity index is 1.98. The molecule has 1 aliphatic rings. The second kappa shape index (κ2) is 4.03. The third-order valence-corrected chi connectivity index (χ3v) is 4.09. The van der Waals surface area contributed by atoms with Crippen molar-refractivity contribution in [3.05, 3.63) is 24.3 Å². The lowest BCUT2D eigenvalue weighted by molar-refractivity contribution is 0.682. The SMILES string of the molecule is CN(c1nsc2ccccc12)[C@H]1CCNC1. The third-order valence-electron chi connectivity index (χ3n) is 3.27. The van der Waals surface area contributed by atoms with Crippen molar-refractivity contribution in [2.45, 2.75) is 12.5 Å². The van der Waals surface area contributed by atoms with E-state index in [0.717, 1.165) is 18.9 Å². The summed E-state index contributed by atoms with van der Waals surface area (Å²) in [6, 6.07) is 9.04. The van der Waals surface area contributed by atoms with Gasteiger partial charge in [-0.3, -0.25) is 0 Å². The fourth-order valence-corrected chi connectivity index (χ4v) is 3.08. The highest BCUT2D eigenvalue weighted by atomic mass is 32.1. The summed E-state index contributed by atoms with van der Waals surface area (Å²) in [5.74, 6) is 1.13. The summed E-state index contributed by atoms with van der Waals surface area (Å²) in [6.45, 7) is 2.19. The van der Waals surface area contributed by atoms with Crippen LogP contribution in [-0.2, 0) is 0 Å². The molecule has 84 valence electrons. The van der Waals surface area contributed by atoms with Crippen molar-refractivity contribution in [2.75, 3.05) is 25.0 Å². The molecule has 0 saturated carbocycles. The highest BCUT2D eigenvalue weighted by Gasteiger charge is 2.22. The van der Waals surface area contributed by atoms with E-state index in [4.69, 9.17) is 0 Å². The van der Waals surface area contributed by atoms with Gasteiger partial charge in [-0.15, -0.1) is 0 Å². The van der Waals surface area contributed by atoms with Crippen LogP contribution in [0.3, 0.4) is 0 Å². The van der Waals surface area contributed by atoms with Gasteiger partial charge in [-0.25, -0.2) is 0 Å². The minimum Gasteiger partial charge on any atom is -0.354 e. The molecule has 1 aliphatic heterocycles. The number of fused-ring (bicyclic) bond motifs is 1. The van der Waals surface area contributed by atoms with Gasteiger partial charge in [0.2, 0.25) is 0 Å². The van der Waals surface area contributed by atoms with Crippen LogP contribution in [0.15, 0.2) is 24.3 Å². The average molecular weight is 233 g/mol. The summed E-state index contributed by atoms with van der Waals surface area (Å²) < 4.78 is 5.85. The predicted octanol–water partition coefficient (Wildman–Crippen LogP) is 2.09. The second-order valence-corrected chi connectivity index (χ2v) is 5.06. The monoisotopic (exact) mass is 233 g/mol. The van der Waals surface area contributed by atoms with Gasteiger partial charge < -0.3 is 10.2 Å². The van der Waals surface area contributed by atoms with Gasteiger partial charge in [0.25, 0.3) is 0 Å². The molecule has 2 heterocycles. The lowest BCUT2D eigenvalue weighted by Crippen LogP contribution is -2.33. The summed E-state index contributed by atoms with van der Waals surface area (Å²) in [6.07, 6.45) is 1.21. The zero-order valence-electron chi connectivity index (χ0n) is 9.31. The Labute approximate surface area is 99.2 Å². The van der Waals surface area contributed by atoms with E-state index in [1.165, 1.54) is 16.5 Å². The molecule has 2 aromatic rings. The van der Waals surface area contributed by atoms with E-state index in [-0.39, 0.29) is 0 Å². The maximum atomic E-state index is 4.58. The Hall–Kier alpha value is -1.13. The van der Waals surface area contributed by atoms with Gasteiger partial charge in [-0.1, -0.05) is 12.1 Å². The van der Waals surface area contributed by atoms with Crippen molar-refractivity contribution < 1.29 is 0 Å². The molecule has 1 fully saturated rings. The molecule has 0 spiro atoms. The first-order valence-electron chi connectivity index (χ1n) is 5.64. The summed E-state index contributed by atoms with van der Waals surface area (Å²) in [4.78, 5) is 2.32. The number of nitrogens with zero attached hydrogens (tertiary/aromatic N) is 2. The summed E-state index contributed by atoms with van der Waals surface area (Å²) in [5, 5.41) is 4.68. The highest BCUT2D eigenvalue weighted by molar-refractivity contribution is 7.13. The standard InChI is InChI=1S/C12H15N3S/c1-15(9-6-7-13-8-9)12-10-4-2-3-5-11(10)16-14-12/h2-5,9,13H,6-8H2,1H3/t9-/m0/s1. The average Bonchev–Trinajstić information content (AvgIpc) is 2.98. The molecule has 1 aromatic heterocycles. The van der Waals surface area contributed by atoms with Crippen LogP contribution in [-0.4, -0.2) is 30.6 Å². The lowest BCUT2D eigenvalue weighted by Gasteiger charge is -2.23. The first-order chi connectivity index (χ1) is 7.86. The maximum absolute atomic E-state index is 4.58. The Bertz CT molecular complexity index is 488. The quantitative estimate of drug-likeness (QED) is 0.861. The van der Waals surface area contributed by atoms with Crippen molar-refractivity contribution >= 4 is 27.4 Å². The molecule has 0 unspecified atom stereocenters. The van der Waals surface area contributed by atoms with Gasteiger partial charge in [0.05, 0.1) is 4.70 Å². The smallest absolute Gasteiger partial charge is 0.150 e. The number of rotatable bonds is 2. The zero-order valence-corrected chi connectivity index (χ0v) is 10.1. The van der Waals surface area contributed by atoms with E-state index in [9.17, 15) is 0 Å². The molecule has 1 aromatic carbocycles. The first kappa shape index (κ1) is 10.1. The molecule has 1 N–H and O–H groups in total. The van der Waals surface area contributed by atoms with E-state index in [0.29, 0.717) is 6.04 Å². The number of hydrogen-bond donors (Lipinski definition) is 1. The third kappa shape index (κ3) is 1.58. The number of anilines is 1. The van der Waals surface area contributed by atoms with Crippen LogP contribution >= 0.6 is 11.5 Å². The van der Waals surface area contributed by atoms with Gasteiger partial charge in [0.15, 0.2) is 0 Å². The minimum absolute atomic E-state index is 0.588. The number of benzene rings is 1. The van der Waals surface area contributed by atoms with E-state index in [2.05, 4.69) is 45.9 Å². The molecule has 1 saturated heterocycles. The van der Waals surface area contributed by atoms with Crippen molar-refractivity contribution in [1.29, 1.82) is 0 Å². The molecule has 0 radical (unpaired) electrons. The van der Waals surface area contributed by atoms with Crippen molar-refractivity contribution in [3.63, 3.8) is 0 Å². The molecule has 4 heteroatoms. The first-order valence-corrected chi connectivity index (χ1v) is 6.41. The molecule has 16 heavy (non-hydrogen) atoms. The van der Waals surface area contributed by atoms with Crippen LogP contribution in [0, 0.1) is 0 Å². The molecule has 0 bridgehead atoms. The minimum atomic E-state index is 0.588. The van der Waals surface area contributed by atoms with Crippen LogP contribution in [0.2, 0.25) is 0 Å². The number of aromatic nitrogens is 1. The number of likely N-dealkylation sites (N-methyl/N-ethyl adjacent to an activating group) is 1. The molecular formula is C12H15N3S. The maximum Gasteiger partial charge on any atom is 0.150 e. The van der Waals surface area contributed by atoms with Gasteiger partial charge in [-0.2, -0.15) is 4.37 Å². The Morgan fingerprint density at radius 3 is 3.12 bits per heavy atom. The summed E-state index contributed by atoms with van der Waals surface area (Å²) >= 11 is 1.59. The zero-order chi connectivity index (χ0) is 11.0. The number of nitrogens with one attached hydrogen (secondary N) is 1. The van der Waals surface area contributed by atoms with Gasteiger partial charge in [-0.05, 0) is 36.6 Å². The van der Waals surface area contributed by atoms with Gasteiger partial charge in [0.1, 0.15) is 5.82 Å². The van der Waals surface area contributed by atoms with E-state index in [1.807, 2.05) is 0 Å². The van der Waals surface area contributed by atoms with Crippen LogP contribution in [0.4, 0.5) is 5.82 Å². The Morgan fingerprint density at radius 1 is 1.44 bits per heavy atom. The molecule has 3 nitrogen and oxygen atoms in total. The summed E-state index contributed by atoms with van der Waals surface area (Å²) in [5.41, 5.74) is 0. The van der Waals surface area contributed by atoms with Gasteiger partial charge >= 0.3 is 0 Å². The van der Waals surface area contributed by atoms with Crippen LogP contribution in [0.5, 0.6) is 0 Å². The van der Waals surface area contributed by atoms with Crippen LogP contribution < -0.4 is 10.2 Å². The Morgan fingerprint density at radius 2 is 2.31 bits per heavy atom. The van der Waals surface area contributed by atoms with Gasteiger partial charge in [0, 0.05) is 25.0 Å². The normalized spacial score (nSPS) is 20.4. The van der Waals surface area contributed by atoms with Crippen LogP contribution in [0.1, 0.15) is 6.42 Å². The molecule has 0 aliphatic carbocycles. The molecule has 1 atom stereocenters. The largest absolute Gasteiger partial charge is 0.354 e. The topological polar surface area (TPSA) is 28.2 Å². The van der Waals surface area contributed by atoms with E-state index >= 15 is 0 Å². The Kier molecular flexibility index (Phi) is 2.53. The van der Waals surface area contributed by atoms with Crippen molar-refractivity contribution in [2.24, 2.45) is 0 Å². The fraction of sp³-hybridized carbons (Fsp3) is 0.417. The van der Waals surface area contributed by atoms with Crippen LogP contribution in [0.25, 0.3) is 10.1 Å². The predicted molar refractivity (Wildman–Crippen MR) is 69.3 cm³/mol. The van der Waals surface area contributed by atoms with E-state index < -0.39 is 0 Å². The number of hydrogen-bond acceptors (Lipinski definition) is 4. The summed E-state index contributed by atoms with van der Waals surface area (Å²) in [7, 11) is 2.15. The van der Waals surface area contributed by atoms with E-state index in [1.54, 1.807) is 11.5 Å². The highest BCUT2D eigenvalue weighted by Crippen LogP contribution is 2.30. The fourth-order valence-electron chi connectivity index (χ4n) is 2.27.